The van der Waals surface area contributed by atoms with Crippen LogP contribution in [0.1, 0.15) is 21.5 Å². The molecule has 2 aromatic rings. The third-order valence-electron chi connectivity index (χ3n) is 3.38. The summed E-state index contributed by atoms with van der Waals surface area (Å²) in [5, 5.41) is 3.97. The molecule has 0 bridgehead atoms. The number of nitrogens with zero attached hydrogens (tertiary/aromatic N) is 1. The zero-order chi connectivity index (χ0) is 17.5. The fourth-order valence-corrected chi connectivity index (χ4v) is 2.11. The topological polar surface area (TPSA) is 69.2 Å². The molecule has 1 amide bonds. The molecule has 6 nitrogen and oxygen atoms in total. The predicted octanol–water partition coefficient (Wildman–Crippen LogP) is 2.78. The highest BCUT2D eigenvalue weighted by atomic mass is 16.5. The number of hydrogen-bond donors (Lipinski definition) is 1. The molecule has 0 saturated carbocycles. The minimum atomic E-state index is -0.279. The van der Waals surface area contributed by atoms with Crippen molar-refractivity contribution in [1.29, 1.82) is 0 Å². The van der Waals surface area contributed by atoms with Gasteiger partial charge in [-0.3, -0.25) is 4.79 Å². The van der Waals surface area contributed by atoms with Crippen molar-refractivity contribution < 1.29 is 19.0 Å². The number of aryl methyl sites for hydroxylation is 1. The lowest BCUT2D eigenvalue weighted by Gasteiger charge is -2.12. The molecule has 0 unspecified atom stereocenters. The molecule has 0 aliphatic heterocycles. The average Bonchev–Trinajstić information content (AvgIpc) is 2.61. The minimum Gasteiger partial charge on any atom is -0.493 e. The number of nitrogens with one attached hydrogen (secondary N) is 1. The van der Waals surface area contributed by atoms with E-state index in [0.717, 1.165) is 5.56 Å². The zero-order valence-corrected chi connectivity index (χ0v) is 14.1. The summed E-state index contributed by atoms with van der Waals surface area (Å²) in [6, 6.07) is 10.7. The minimum absolute atomic E-state index is 0.279. The van der Waals surface area contributed by atoms with Crippen molar-refractivity contribution in [2.75, 3.05) is 21.3 Å². The molecule has 0 aliphatic rings. The van der Waals surface area contributed by atoms with Gasteiger partial charge >= 0.3 is 0 Å². The lowest BCUT2D eigenvalue weighted by molar-refractivity contribution is 0.0955. The molecule has 0 radical (unpaired) electrons. The number of hydrazone groups is 1. The Kier molecular flexibility index (Phi) is 5.78. The van der Waals surface area contributed by atoms with Gasteiger partial charge in [-0.1, -0.05) is 17.7 Å². The van der Waals surface area contributed by atoms with Crippen molar-refractivity contribution in [2.24, 2.45) is 5.10 Å². The van der Waals surface area contributed by atoms with Gasteiger partial charge in [0.1, 0.15) is 0 Å². The van der Waals surface area contributed by atoms with Crippen molar-refractivity contribution in [2.45, 2.75) is 6.92 Å². The molecule has 2 aromatic carbocycles. The number of carbonyl (C=O) groups is 1. The summed E-state index contributed by atoms with van der Waals surface area (Å²) in [7, 11) is 4.62. The predicted molar refractivity (Wildman–Crippen MR) is 92.3 cm³/mol. The molecule has 0 heterocycles. The van der Waals surface area contributed by atoms with E-state index >= 15 is 0 Å². The molecular formula is C18H20N2O4. The molecule has 24 heavy (non-hydrogen) atoms. The van der Waals surface area contributed by atoms with Crippen LogP contribution in [-0.4, -0.2) is 33.5 Å². The Morgan fingerprint density at radius 1 is 1.00 bits per heavy atom. The van der Waals surface area contributed by atoms with E-state index in [4.69, 9.17) is 14.2 Å². The van der Waals surface area contributed by atoms with E-state index in [2.05, 4.69) is 10.5 Å². The highest BCUT2D eigenvalue weighted by Crippen LogP contribution is 2.37. The number of methoxy groups -OCH3 is 3. The van der Waals surface area contributed by atoms with Crippen molar-refractivity contribution in [3.8, 4) is 17.2 Å². The normalized spacial score (nSPS) is 10.5. The van der Waals surface area contributed by atoms with E-state index in [9.17, 15) is 4.79 Å². The summed E-state index contributed by atoms with van der Waals surface area (Å²) >= 11 is 0. The van der Waals surface area contributed by atoms with Gasteiger partial charge in [-0.25, -0.2) is 5.43 Å². The molecule has 126 valence electrons. The maximum absolute atomic E-state index is 12.0. The summed E-state index contributed by atoms with van der Waals surface area (Å²) in [5.74, 6) is 1.26. The third-order valence-corrected chi connectivity index (χ3v) is 3.38. The summed E-state index contributed by atoms with van der Waals surface area (Å²) in [5.41, 5.74) is 4.82. The fourth-order valence-electron chi connectivity index (χ4n) is 2.11. The number of rotatable bonds is 6. The first kappa shape index (κ1) is 17.3. The molecule has 0 spiro atoms. The Labute approximate surface area is 141 Å². The summed E-state index contributed by atoms with van der Waals surface area (Å²) in [4.78, 5) is 12.0. The lowest BCUT2D eigenvalue weighted by atomic mass is 10.1. The van der Waals surface area contributed by atoms with Gasteiger partial charge in [-0.05, 0) is 31.2 Å². The van der Waals surface area contributed by atoms with Gasteiger partial charge < -0.3 is 14.2 Å². The first-order chi connectivity index (χ1) is 11.6. The van der Waals surface area contributed by atoms with Crippen molar-refractivity contribution in [3.05, 3.63) is 53.1 Å². The van der Waals surface area contributed by atoms with Gasteiger partial charge in [0.15, 0.2) is 11.5 Å². The van der Waals surface area contributed by atoms with Gasteiger partial charge in [0.05, 0.1) is 27.5 Å². The van der Waals surface area contributed by atoms with Crippen LogP contribution < -0.4 is 19.6 Å². The first-order valence-corrected chi connectivity index (χ1v) is 7.29. The van der Waals surface area contributed by atoms with Crippen LogP contribution in [0.2, 0.25) is 0 Å². The van der Waals surface area contributed by atoms with Crippen LogP contribution in [0.15, 0.2) is 41.5 Å². The fraction of sp³-hybridized carbons (Fsp3) is 0.222. The first-order valence-electron chi connectivity index (χ1n) is 7.29. The Morgan fingerprint density at radius 2 is 1.58 bits per heavy atom. The quantitative estimate of drug-likeness (QED) is 0.654. The Hall–Kier alpha value is -3.02. The van der Waals surface area contributed by atoms with E-state index in [1.165, 1.54) is 27.5 Å². The van der Waals surface area contributed by atoms with Crippen LogP contribution in [0.3, 0.4) is 0 Å². The van der Waals surface area contributed by atoms with Gasteiger partial charge in [0.25, 0.3) is 5.91 Å². The Morgan fingerprint density at radius 3 is 2.08 bits per heavy atom. The summed E-state index contributed by atoms with van der Waals surface area (Å²) < 4.78 is 15.8. The van der Waals surface area contributed by atoms with Crippen LogP contribution in [0.5, 0.6) is 17.2 Å². The Balaban J connectivity index is 2.14. The monoisotopic (exact) mass is 328 g/mol. The van der Waals surface area contributed by atoms with E-state index < -0.39 is 0 Å². The van der Waals surface area contributed by atoms with Crippen LogP contribution in [0.25, 0.3) is 0 Å². The van der Waals surface area contributed by atoms with Gasteiger partial charge in [0, 0.05) is 11.1 Å². The average molecular weight is 328 g/mol. The molecule has 0 atom stereocenters. The lowest BCUT2D eigenvalue weighted by Crippen LogP contribution is -2.17. The SMILES string of the molecule is COc1cc(/C=N/NC(=O)c2ccc(C)cc2)cc(OC)c1OC. The molecule has 0 aromatic heterocycles. The van der Waals surface area contributed by atoms with Crippen LogP contribution in [0, 0.1) is 6.92 Å². The number of ether oxygens (including phenoxy) is 3. The molecule has 6 heteroatoms. The summed E-state index contributed by atoms with van der Waals surface area (Å²) in [6.45, 7) is 1.96. The number of benzene rings is 2. The number of hydrogen-bond acceptors (Lipinski definition) is 5. The highest BCUT2D eigenvalue weighted by molar-refractivity contribution is 5.95. The molecule has 0 aliphatic carbocycles. The van der Waals surface area contributed by atoms with Gasteiger partial charge in [0.2, 0.25) is 5.75 Å². The zero-order valence-electron chi connectivity index (χ0n) is 14.1. The van der Waals surface area contributed by atoms with Crippen molar-refractivity contribution >= 4 is 12.1 Å². The molecule has 1 N–H and O–H groups in total. The largest absolute Gasteiger partial charge is 0.493 e. The Bertz CT molecular complexity index is 714. The second kappa shape index (κ2) is 8.01. The molecular weight excluding hydrogens is 308 g/mol. The second-order valence-corrected chi connectivity index (χ2v) is 5.02. The van der Waals surface area contributed by atoms with Gasteiger partial charge in [-0.2, -0.15) is 5.10 Å². The maximum atomic E-state index is 12.0. The highest BCUT2D eigenvalue weighted by Gasteiger charge is 2.12. The van der Waals surface area contributed by atoms with Crippen LogP contribution >= 0.6 is 0 Å². The number of amides is 1. The second-order valence-electron chi connectivity index (χ2n) is 5.02. The maximum Gasteiger partial charge on any atom is 0.271 e. The standard InChI is InChI=1S/C18H20N2O4/c1-12-5-7-14(8-6-12)18(21)20-19-11-13-9-15(22-2)17(24-4)16(10-13)23-3/h5-11H,1-4H3,(H,20,21)/b19-11+. The van der Waals surface area contributed by atoms with E-state index in [0.29, 0.717) is 28.4 Å². The van der Waals surface area contributed by atoms with Gasteiger partial charge in [-0.15, -0.1) is 0 Å². The third kappa shape index (κ3) is 4.04. The molecule has 0 saturated heterocycles. The molecule has 0 fully saturated rings. The van der Waals surface area contributed by atoms with Crippen molar-refractivity contribution in [3.63, 3.8) is 0 Å². The van der Waals surface area contributed by atoms with Crippen LogP contribution in [0.4, 0.5) is 0 Å². The van der Waals surface area contributed by atoms with E-state index in [1.54, 1.807) is 24.3 Å². The van der Waals surface area contributed by atoms with E-state index in [1.807, 2.05) is 19.1 Å². The van der Waals surface area contributed by atoms with E-state index in [-0.39, 0.29) is 5.91 Å². The van der Waals surface area contributed by atoms with Crippen LogP contribution in [-0.2, 0) is 0 Å². The molecule has 2 rings (SSSR count). The van der Waals surface area contributed by atoms with Crippen molar-refractivity contribution in [1.82, 2.24) is 5.43 Å². The summed E-state index contributed by atoms with van der Waals surface area (Å²) in [6.07, 6.45) is 1.51. The smallest absolute Gasteiger partial charge is 0.271 e. The number of carbonyl (C=O) groups excluding carboxylic acids is 1.